The Morgan fingerprint density at radius 1 is 1.21 bits per heavy atom. The van der Waals surface area contributed by atoms with E-state index in [2.05, 4.69) is 22.0 Å². The van der Waals surface area contributed by atoms with Crippen LogP contribution in [0.4, 0.5) is 22.0 Å². The summed E-state index contributed by atoms with van der Waals surface area (Å²) in [5.74, 6) is -4.46. The van der Waals surface area contributed by atoms with Gasteiger partial charge in [-0.05, 0) is 67.2 Å². The molecule has 8 nitrogen and oxygen atoms in total. The second kappa shape index (κ2) is 13.6. The molecular weight excluding hydrogens is 573 g/mol. The summed E-state index contributed by atoms with van der Waals surface area (Å²) >= 11 is 0. The molecule has 2 aromatic heterocycles. The van der Waals surface area contributed by atoms with Crippen LogP contribution in [-0.4, -0.2) is 31.7 Å². The number of alkyl halides is 2. The molecule has 43 heavy (non-hydrogen) atoms. The van der Waals surface area contributed by atoms with Crippen LogP contribution < -0.4 is 11.1 Å². The van der Waals surface area contributed by atoms with Gasteiger partial charge in [0.25, 0.3) is 12.3 Å². The van der Waals surface area contributed by atoms with Gasteiger partial charge in [0, 0.05) is 17.8 Å². The third kappa shape index (κ3) is 7.41. The molecule has 2 heterocycles. The molecule has 4 rings (SSSR count). The molecule has 0 radical (unpaired) electrons. The summed E-state index contributed by atoms with van der Waals surface area (Å²) in [4.78, 5) is 29.4. The number of primary amides is 1. The van der Waals surface area contributed by atoms with E-state index in [1.54, 1.807) is 6.07 Å². The lowest BCUT2D eigenvalue weighted by Gasteiger charge is -2.22. The van der Waals surface area contributed by atoms with Crippen molar-refractivity contribution in [2.45, 2.75) is 50.8 Å². The molecule has 1 aliphatic rings. The highest BCUT2D eigenvalue weighted by molar-refractivity contribution is 5.96. The summed E-state index contributed by atoms with van der Waals surface area (Å²) in [5, 5.41) is 17.1. The van der Waals surface area contributed by atoms with E-state index in [-0.39, 0.29) is 35.4 Å². The highest BCUT2D eigenvalue weighted by Crippen LogP contribution is 2.35. The van der Waals surface area contributed by atoms with Gasteiger partial charge < -0.3 is 16.2 Å². The summed E-state index contributed by atoms with van der Waals surface area (Å²) in [7, 11) is 0. The zero-order valence-electron chi connectivity index (χ0n) is 22.7. The maximum Gasteiger partial charge on any atom is 0.282 e. The van der Waals surface area contributed by atoms with E-state index >= 15 is 0 Å². The quantitative estimate of drug-likeness (QED) is 0.164. The number of nitrogens with one attached hydrogen (secondary N) is 1. The van der Waals surface area contributed by atoms with Crippen LogP contribution in [0.1, 0.15) is 65.2 Å². The van der Waals surface area contributed by atoms with Crippen LogP contribution in [0, 0.1) is 11.6 Å². The first-order valence-corrected chi connectivity index (χ1v) is 13.2. The molecule has 0 saturated carbocycles. The predicted molar refractivity (Wildman–Crippen MR) is 147 cm³/mol. The van der Waals surface area contributed by atoms with Gasteiger partial charge in [0.15, 0.2) is 0 Å². The van der Waals surface area contributed by atoms with Crippen LogP contribution in [0.25, 0.3) is 6.08 Å². The number of nitrogens with two attached hydrogens (primary N) is 1. The number of rotatable bonds is 11. The fraction of sp³-hybridized carbons (Fsp3) is 0.267. The highest BCUT2D eigenvalue weighted by Gasteiger charge is 2.31. The minimum Gasteiger partial charge on any atom is -0.387 e. The van der Waals surface area contributed by atoms with Crippen molar-refractivity contribution in [1.82, 2.24) is 20.1 Å². The van der Waals surface area contributed by atoms with Crippen molar-refractivity contribution in [2.75, 3.05) is 0 Å². The maximum absolute atomic E-state index is 14.1. The van der Waals surface area contributed by atoms with Gasteiger partial charge in [0.2, 0.25) is 5.91 Å². The number of halogens is 5. The smallest absolute Gasteiger partial charge is 0.282 e. The topological polar surface area (TPSA) is 123 Å². The van der Waals surface area contributed by atoms with Gasteiger partial charge in [-0.3, -0.25) is 19.3 Å². The number of hydrogen-bond donors (Lipinski definition) is 3. The molecule has 3 aromatic rings. The normalized spacial score (nSPS) is 16.1. The van der Waals surface area contributed by atoms with E-state index in [1.807, 2.05) is 0 Å². The molecule has 1 aromatic carbocycles. The monoisotopic (exact) mass is 601 g/mol. The Bertz CT molecular complexity index is 1580. The average Bonchev–Trinajstić information content (AvgIpc) is 3.31. The number of aromatic nitrogens is 3. The van der Waals surface area contributed by atoms with Gasteiger partial charge in [0.1, 0.15) is 29.7 Å². The number of allylic oxidation sites excluding steroid dienone is 2. The summed E-state index contributed by atoms with van der Waals surface area (Å²) in [6, 6.07) is 4.86. The second-order valence-corrected chi connectivity index (χ2v) is 9.86. The number of carbonyl (C=O) groups excluding carboxylic acids is 2. The van der Waals surface area contributed by atoms with Crippen molar-refractivity contribution in [1.29, 1.82) is 0 Å². The lowest BCUT2D eigenvalue weighted by atomic mass is 9.93. The third-order valence-electron chi connectivity index (χ3n) is 6.88. The molecule has 0 aliphatic heterocycles. The molecule has 1 unspecified atom stereocenters. The van der Waals surface area contributed by atoms with Gasteiger partial charge in [-0.15, -0.1) is 0 Å². The van der Waals surface area contributed by atoms with E-state index in [0.29, 0.717) is 24.5 Å². The first-order valence-electron chi connectivity index (χ1n) is 13.2. The number of aliphatic hydroxyl groups is 1. The minimum absolute atomic E-state index is 0.136. The Morgan fingerprint density at radius 3 is 2.58 bits per heavy atom. The molecule has 0 fully saturated rings. The van der Waals surface area contributed by atoms with Crippen LogP contribution in [0.2, 0.25) is 0 Å². The van der Waals surface area contributed by atoms with E-state index < -0.39 is 65.7 Å². The fourth-order valence-corrected chi connectivity index (χ4v) is 5.05. The van der Waals surface area contributed by atoms with Gasteiger partial charge in [-0.2, -0.15) is 5.10 Å². The number of benzene rings is 1. The molecule has 0 saturated heterocycles. The molecular formula is C30H28F5N5O3. The fourth-order valence-electron chi connectivity index (χ4n) is 5.05. The van der Waals surface area contributed by atoms with Gasteiger partial charge in [0.05, 0.1) is 29.1 Å². The van der Waals surface area contributed by atoms with Crippen LogP contribution in [0.5, 0.6) is 0 Å². The summed E-state index contributed by atoms with van der Waals surface area (Å²) < 4.78 is 70.6. The summed E-state index contributed by atoms with van der Waals surface area (Å²) in [6.45, 7) is 2.73. The molecule has 2 atom stereocenters. The van der Waals surface area contributed by atoms with Crippen molar-refractivity contribution in [3.05, 3.63) is 112 Å². The molecule has 226 valence electrons. The van der Waals surface area contributed by atoms with Crippen molar-refractivity contribution in [3.63, 3.8) is 0 Å². The number of fused-ring (bicyclic) bond motifs is 1. The second-order valence-electron chi connectivity index (χ2n) is 9.86. The summed E-state index contributed by atoms with van der Waals surface area (Å²) in [5.41, 5.74) is 5.26. The maximum atomic E-state index is 14.1. The molecule has 0 bridgehead atoms. The predicted octanol–water partition coefficient (Wildman–Crippen LogP) is 4.87. The van der Waals surface area contributed by atoms with Crippen LogP contribution in [0.3, 0.4) is 0 Å². The Balaban J connectivity index is 1.71. The Labute approximate surface area is 243 Å². The molecule has 1 aliphatic carbocycles. The number of amides is 2. The highest BCUT2D eigenvalue weighted by atomic mass is 19.3. The van der Waals surface area contributed by atoms with Crippen molar-refractivity contribution in [3.8, 4) is 0 Å². The Hall–Kier alpha value is -4.65. The molecule has 13 heteroatoms. The standard InChI is InChI=1S/C30H28F5N5O3/c1-2-22(33)20(30(36)43)9-8-17-5-4-10-37-26(17)23(13-16-11-18(31)14-19(32)12-16)38-25(42)15-40-28-21(6-3-7-24(28)41)27(39-40)29(34)35/h2,4-5,8-12,14,23-24,29,41H,1,3,6-7,13,15H2,(H2,36,43)(H,38,42)/b9-8+,22-20-/t23-,24?/m0/s1. The molecule has 4 N–H and O–H groups in total. The SMILES string of the molecule is C=C/C(F)=C(\C=C\c1cccnc1[C@H](Cc1cc(F)cc(F)c1)NC(=O)Cn1nc(C(F)F)c2c1C(O)CCC2)C(N)=O. The first kappa shape index (κ1) is 31.3. The van der Waals surface area contributed by atoms with Crippen molar-refractivity contribution >= 4 is 17.9 Å². The van der Waals surface area contributed by atoms with Crippen LogP contribution in [0.15, 0.2) is 66.7 Å². The van der Waals surface area contributed by atoms with Gasteiger partial charge in [-0.1, -0.05) is 18.7 Å². The largest absolute Gasteiger partial charge is 0.387 e. The lowest BCUT2D eigenvalue weighted by Crippen LogP contribution is -2.34. The number of pyridine rings is 1. The van der Waals surface area contributed by atoms with E-state index in [4.69, 9.17) is 5.73 Å². The number of aliphatic hydroxyl groups excluding tert-OH is 1. The zero-order chi connectivity index (χ0) is 31.3. The first-order chi connectivity index (χ1) is 20.5. The Kier molecular flexibility index (Phi) is 9.86. The van der Waals surface area contributed by atoms with Crippen LogP contribution in [-0.2, 0) is 29.0 Å². The Morgan fingerprint density at radius 2 is 1.93 bits per heavy atom. The van der Waals surface area contributed by atoms with Gasteiger partial charge >= 0.3 is 0 Å². The van der Waals surface area contributed by atoms with Crippen molar-refractivity contribution in [2.24, 2.45) is 5.73 Å². The lowest BCUT2D eigenvalue weighted by molar-refractivity contribution is -0.122. The van der Waals surface area contributed by atoms with Crippen LogP contribution >= 0.6 is 0 Å². The zero-order valence-corrected chi connectivity index (χ0v) is 22.7. The molecule has 2 amide bonds. The van der Waals surface area contributed by atoms with Crippen molar-refractivity contribution < 1.29 is 36.6 Å². The number of carbonyl (C=O) groups is 2. The van der Waals surface area contributed by atoms with E-state index in [9.17, 15) is 36.6 Å². The third-order valence-corrected chi connectivity index (χ3v) is 6.88. The van der Waals surface area contributed by atoms with Gasteiger partial charge in [-0.25, -0.2) is 22.0 Å². The average molecular weight is 602 g/mol. The van der Waals surface area contributed by atoms with E-state index in [1.165, 1.54) is 18.3 Å². The number of nitrogens with zero attached hydrogens (tertiary/aromatic N) is 3. The number of hydrogen-bond acceptors (Lipinski definition) is 5. The summed E-state index contributed by atoms with van der Waals surface area (Å²) in [6.07, 6.45) is 1.54. The minimum atomic E-state index is -2.91. The van der Waals surface area contributed by atoms with E-state index in [0.717, 1.165) is 29.0 Å². The molecule has 0 spiro atoms.